The third-order valence-corrected chi connectivity index (χ3v) is 3.93. The van der Waals surface area contributed by atoms with Gasteiger partial charge in [0, 0.05) is 17.0 Å². The topological polar surface area (TPSA) is 29.4 Å². The van der Waals surface area contributed by atoms with E-state index in [4.69, 9.17) is 4.99 Å². The van der Waals surface area contributed by atoms with Crippen molar-refractivity contribution in [2.24, 2.45) is 10.9 Å². The summed E-state index contributed by atoms with van der Waals surface area (Å²) in [5.74, 6) is 0.150. The van der Waals surface area contributed by atoms with Crippen molar-refractivity contribution in [3.8, 4) is 0 Å². The second-order valence-corrected chi connectivity index (χ2v) is 5.35. The molecule has 1 aliphatic carbocycles. The summed E-state index contributed by atoms with van der Waals surface area (Å²) in [5, 5.41) is 0. The summed E-state index contributed by atoms with van der Waals surface area (Å²) >= 11 is 0. The number of rotatable bonds is 5. The Hall–Kier alpha value is -2.48. The summed E-state index contributed by atoms with van der Waals surface area (Å²) in [6, 6.07) is 20.0. The van der Waals surface area contributed by atoms with E-state index in [0.717, 1.165) is 29.5 Å². The number of hydrogen-bond donors (Lipinski definition) is 0. The van der Waals surface area contributed by atoms with Gasteiger partial charge in [-0.3, -0.25) is 4.99 Å². The van der Waals surface area contributed by atoms with Gasteiger partial charge in [-0.05, 0) is 6.42 Å². The number of hydrogen-bond acceptors (Lipinski definition) is 2. The number of benzene rings is 2. The van der Waals surface area contributed by atoms with E-state index in [1.54, 1.807) is 0 Å². The molecule has 2 aromatic carbocycles. The Morgan fingerprint density at radius 1 is 1.05 bits per heavy atom. The molecule has 0 aromatic heterocycles. The first-order valence-electron chi connectivity index (χ1n) is 7.09. The maximum absolute atomic E-state index is 11.5. The van der Waals surface area contributed by atoms with Crippen LogP contribution in [0.25, 0.3) is 0 Å². The van der Waals surface area contributed by atoms with E-state index in [-0.39, 0.29) is 5.92 Å². The second-order valence-electron chi connectivity index (χ2n) is 5.35. The highest BCUT2D eigenvalue weighted by Crippen LogP contribution is 2.46. The fraction of sp³-hybridized carbons (Fsp3) is 0.158. The van der Waals surface area contributed by atoms with Gasteiger partial charge in [0.05, 0.1) is 5.71 Å². The molecular formula is C19H17NO. The Labute approximate surface area is 124 Å². The predicted octanol–water partition coefficient (Wildman–Crippen LogP) is 3.67. The number of aliphatic imine (C=N–C) groups is 1. The zero-order chi connectivity index (χ0) is 14.7. The maximum Gasteiger partial charge on any atom is 0.148 e. The first-order chi connectivity index (χ1) is 10.3. The monoisotopic (exact) mass is 275 g/mol. The predicted molar refractivity (Wildman–Crippen MR) is 85.6 cm³/mol. The standard InChI is InChI=1S/C19H17NO/c1-2-17-13-19(17,14-21)20-18(15-9-5-3-6-10-15)16-11-7-4-8-12-16/h2-12,14,17H,1,13H2. The molecule has 1 aliphatic rings. The largest absolute Gasteiger partial charge is 0.301 e. The molecule has 0 heterocycles. The van der Waals surface area contributed by atoms with Crippen molar-refractivity contribution < 1.29 is 4.79 Å². The van der Waals surface area contributed by atoms with E-state index >= 15 is 0 Å². The second kappa shape index (κ2) is 5.49. The SMILES string of the molecule is C=CC1CC1(C=O)N=C(c1ccccc1)c1ccccc1. The summed E-state index contributed by atoms with van der Waals surface area (Å²) in [4.78, 5) is 16.3. The van der Waals surface area contributed by atoms with Gasteiger partial charge in [0.15, 0.2) is 0 Å². The summed E-state index contributed by atoms with van der Waals surface area (Å²) < 4.78 is 0. The molecular weight excluding hydrogens is 258 g/mol. The van der Waals surface area contributed by atoms with E-state index < -0.39 is 5.54 Å². The fourth-order valence-electron chi connectivity index (χ4n) is 2.57. The third kappa shape index (κ3) is 2.57. The number of carbonyl (C=O) groups is 1. The number of carbonyl (C=O) groups excluding carboxylic acids is 1. The molecule has 0 amide bonds. The van der Waals surface area contributed by atoms with Gasteiger partial charge in [0.2, 0.25) is 0 Å². The Balaban J connectivity index is 2.10. The van der Waals surface area contributed by atoms with Gasteiger partial charge in [-0.25, -0.2) is 0 Å². The highest BCUT2D eigenvalue weighted by molar-refractivity contribution is 6.13. The van der Waals surface area contributed by atoms with Gasteiger partial charge in [0.25, 0.3) is 0 Å². The van der Waals surface area contributed by atoms with Gasteiger partial charge in [0.1, 0.15) is 11.8 Å². The van der Waals surface area contributed by atoms with E-state index in [2.05, 4.69) is 6.58 Å². The highest BCUT2D eigenvalue weighted by Gasteiger charge is 2.53. The van der Waals surface area contributed by atoms with Crippen LogP contribution in [0, 0.1) is 5.92 Å². The molecule has 21 heavy (non-hydrogen) atoms. The molecule has 2 unspecified atom stereocenters. The van der Waals surface area contributed by atoms with Crippen LogP contribution in [0.1, 0.15) is 17.5 Å². The number of aldehydes is 1. The van der Waals surface area contributed by atoms with E-state index in [1.807, 2.05) is 66.7 Å². The molecule has 2 nitrogen and oxygen atoms in total. The molecule has 0 saturated heterocycles. The van der Waals surface area contributed by atoms with E-state index in [9.17, 15) is 4.79 Å². The smallest absolute Gasteiger partial charge is 0.148 e. The Bertz CT molecular complexity index is 634. The van der Waals surface area contributed by atoms with Crippen molar-refractivity contribution in [3.05, 3.63) is 84.4 Å². The Kier molecular flexibility index (Phi) is 3.53. The molecule has 0 N–H and O–H groups in total. The maximum atomic E-state index is 11.5. The lowest BCUT2D eigenvalue weighted by Crippen LogP contribution is -2.16. The molecule has 0 bridgehead atoms. The lowest BCUT2D eigenvalue weighted by molar-refractivity contribution is -0.109. The van der Waals surface area contributed by atoms with Crippen LogP contribution in [0.4, 0.5) is 0 Å². The van der Waals surface area contributed by atoms with Crippen molar-refractivity contribution in [2.45, 2.75) is 12.0 Å². The Morgan fingerprint density at radius 3 is 1.95 bits per heavy atom. The first-order valence-corrected chi connectivity index (χ1v) is 7.09. The molecule has 0 aliphatic heterocycles. The van der Waals surface area contributed by atoms with Crippen molar-refractivity contribution >= 4 is 12.0 Å². The minimum atomic E-state index is -0.622. The molecule has 1 saturated carbocycles. The van der Waals surface area contributed by atoms with Crippen LogP contribution in [0.2, 0.25) is 0 Å². The lowest BCUT2D eigenvalue weighted by atomic mass is 10.0. The first kappa shape index (κ1) is 13.5. The lowest BCUT2D eigenvalue weighted by Gasteiger charge is -2.11. The van der Waals surface area contributed by atoms with Crippen LogP contribution in [-0.2, 0) is 4.79 Å². The zero-order valence-corrected chi connectivity index (χ0v) is 11.8. The highest BCUT2D eigenvalue weighted by atomic mass is 16.1. The normalized spacial score (nSPS) is 23.1. The van der Waals surface area contributed by atoms with Gasteiger partial charge in [-0.1, -0.05) is 66.7 Å². The van der Waals surface area contributed by atoms with Crippen molar-refractivity contribution in [1.29, 1.82) is 0 Å². The van der Waals surface area contributed by atoms with Crippen LogP contribution in [0.15, 0.2) is 78.3 Å². The zero-order valence-electron chi connectivity index (χ0n) is 11.8. The van der Waals surface area contributed by atoms with E-state index in [0.29, 0.717) is 0 Å². The van der Waals surface area contributed by atoms with Crippen LogP contribution < -0.4 is 0 Å². The molecule has 1 fully saturated rings. The molecule has 2 heteroatoms. The summed E-state index contributed by atoms with van der Waals surface area (Å²) in [7, 11) is 0. The van der Waals surface area contributed by atoms with Crippen LogP contribution >= 0.6 is 0 Å². The van der Waals surface area contributed by atoms with Crippen LogP contribution in [0.3, 0.4) is 0 Å². The van der Waals surface area contributed by atoms with Crippen LogP contribution in [0.5, 0.6) is 0 Å². The fourth-order valence-corrected chi connectivity index (χ4v) is 2.57. The molecule has 0 spiro atoms. The summed E-state index contributed by atoms with van der Waals surface area (Å²) in [5.41, 5.74) is 2.30. The molecule has 2 atom stereocenters. The summed E-state index contributed by atoms with van der Waals surface area (Å²) in [6.45, 7) is 3.79. The van der Waals surface area contributed by atoms with E-state index in [1.165, 1.54) is 0 Å². The van der Waals surface area contributed by atoms with Crippen LogP contribution in [-0.4, -0.2) is 17.5 Å². The third-order valence-electron chi connectivity index (χ3n) is 3.93. The van der Waals surface area contributed by atoms with Gasteiger partial charge >= 0.3 is 0 Å². The molecule has 104 valence electrons. The van der Waals surface area contributed by atoms with Crippen molar-refractivity contribution in [3.63, 3.8) is 0 Å². The van der Waals surface area contributed by atoms with Gasteiger partial charge in [-0.15, -0.1) is 6.58 Å². The average Bonchev–Trinajstić information content (AvgIpc) is 3.28. The Morgan fingerprint density at radius 2 is 1.57 bits per heavy atom. The number of nitrogens with zero attached hydrogens (tertiary/aromatic N) is 1. The molecule has 2 aromatic rings. The van der Waals surface area contributed by atoms with Gasteiger partial charge in [-0.2, -0.15) is 0 Å². The van der Waals surface area contributed by atoms with Crippen molar-refractivity contribution in [1.82, 2.24) is 0 Å². The summed E-state index contributed by atoms with van der Waals surface area (Å²) in [6.07, 6.45) is 3.54. The minimum Gasteiger partial charge on any atom is -0.301 e. The minimum absolute atomic E-state index is 0.150. The quantitative estimate of drug-likeness (QED) is 0.465. The molecule has 3 rings (SSSR count). The average molecular weight is 275 g/mol. The van der Waals surface area contributed by atoms with Gasteiger partial charge < -0.3 is 4.79 Å². The molecule has 0 radical (unpaired) electrons. The van der Waals surface area contributed by atoms with Crippen molar-refractivity contribution in [2.75, 3.05) is 0 Å².